The van der Waals surface area contributed by atoms with Gasteiger partial charge in [0.05, 0.1) is 12.6 Å². The maximum absolute atomic E-state index is 4.64. The van der Waals surface area contributed by atoms with Gasteiger partial charge in [0.1, 0.15) is 5.84 Å². The Balaban J connectivity index is 1.84. The number of aromatic nitrogens is 1. The fourth-order valence-electron chi connectivity index (χ4n) is 2.77. The molecule has 5 heteroatoms. The Kier molecular flexibility index (Phi) is 3.75. The number of likely N-dealkylation sites (N-methyl/N-ethyl adjacent to an activating group) is 1. The Hall–Kier alpha value is -1.46. The molecule has 0 amide bonds. The number of pyridine rings is 1. The lowest BCUT2D eigenvalue weighted by molar-refractivity contribution is 0.136. The summed E-state index contributed by atoms with van der Waals surface area (Å²) in [7, 11) is 2.18. The Morgan fingerprint density at radius 1 is 1.16 bits per heavy atom. The maximum atomic E-state index is 4.64. The summed E-state index contributed by atoms with van der Waals surface area (Å²) >= 11 is 0. The van der Waals surface area contributed by atoms with Crippen molar-refractivity contribution in [3.63, 3.8) is 0 Å². The first-order chi connectivity index (χ1) is 9.34. The van der Waals surface area contributed by atoms with E-state index >= 15 is 0 Å². The highest BCUT2D eigenvalue weighted by Gasteiger charge is 2.29. The molecule has 0 saturated carbocycles. The molecular weight excluding hydrogens is 238 g/mol. The van der Waals surface area contributed by atoms with Crippen LogP contribution in [0.5, 0.6) is 0 Å². The van der Waals surface area contributed by atoms with E-state index in [1.165, 1.54) is 5.56 Å². The van der Waals surface area contributed by atoms with E-state index in [-0.39, 0.29) is 6.04 Å². The number of hydrogen-bond donors (Lipinski definition) is 1. The lowest BCUT2D eigenvalue weighted by Gasteiger charge is -2.38. The van der Waals surface area contributed by atoms with Gasteiger partial charge in [-0.05, 0) is 24.7 Å². The quantitative estimate of drug-likeness (QED) is 0.852. The third-order valence-electron chi connectivity index (χ3n) is 3.88. The molecule has 2 aliphatic rings. The van der Waals surface area contributed by atoms with Gasteiger partial charge in [0, 0.05) is 45.1 Å². The molecule has 1 saturated heterocycles. The van der Waals surface area contributed by atoms with Crippen molar-refractivity contribution in [3.05, 3.63) is 30.1 Å². The van der Waals surface area contributed by atoms with Gasteiger partial charge >= 0.3 is 0 Å². The number of hydrogen-bond acceptors (Lipinski definition) is 5. The van der Waals surface area contributed by atoms with Crippen molar-refractivity contribution in [1.29, 1.82) is 0 Å². The van der Waals surface area contributed by atoms with Crippen LogP contribution in [0.1, 0.15) is 11.6 Å². The molecule has 0 radical (unpaired) electrons. The van der Waals surface area contributed by atoms with Crippen molar-refractivity contribution >= 4 is 5.84 Å². The minimum Gasteiger partial charge on any atom is -0.370 e. The van der Waals surface area contributed by atoms with Gasteiger partial charge in [-0.25, -0.2) is 0 Å². The molecule has 1 atom stereocenters. The second kappa shape index (κ2) is 5.67. The van der Waals surface area contributed by atoms with E-state index in [0.717, 1.165) is 45.1 Å². The molecule has 2 aliphatic heterocycles. The van der Waals surface area contributed by atoms with Gasteiger partial charge in [-0.1, -0.05) is 0 Å². The van der Waals surface area contributed by atoms with Crippen LogP contribution >= 0.6 is 0 Å². The fourth-order valence-corrected chi connectivity index (χ4v) is 2.77. The van der Waals surface area contributed by atoms with Crippen molar-refractivity contribution in [2.75, 3.05) is 46.3 Å². The van der Waals surface area contributed by atoms with Crippen LogP contribution in [0.3, 0.4) is 0 Å². The van der Waals surface area contributed by atoms with Crippen LogP contribution in [0.25, 0.3) is 0 Å². The summed E-state index contributed by atoms with van der Waals surface area (Å²) < 4.78 is 0. The molecular formula is C14H21N5. The minimum absolute atomic E-state index is 0.263. The lowest BCUT2D eigenvalue weighted by atomic mass is 10.0. The van der Waals surface area contributed by atoms with Crippen LogP contribution in [-0.2, 0) is 0 Å². The molecule has 1 aromatic heterocycles. The van der Waals surface area contributed by atoms with Gasteiger partial charge in [0.15, 0.2) is 0 Å². The van der Waals surface area contributed by atoms with Crippen molar-refractivity contribution in [2.24, 2.45) is 4.99 Å². The molecule has 0 aliphatic carbocycles. The van der Waals surface area contributed by atoms with E-state index in [4.69, 9.17) is 0 Å². The van der Waals surface area contributed by atoms with Crippen LogP contribution in [0, 0.1) is 0 Å². The summed E-state index contributed by atoms with van der Waals surface area (Å²) in [4.78, 5) is 13.7. The molecule has 1 fully saturated rings. The molecule has 1 N–H and O–H groups in total. The van der Waals surface area contributed by atoms with Crippen molar-refractivity contribution in [3.8, 4) is 0 Å². The molecule has 19 heavy (non-hydrogen) atoms. The average Bonchev–Trinajstić information content (AvgIpc) is 2.96. The molecule has 1 aromatic rings. The van der Waals surface area contributed by atoms with E-state index in [1.807, 2.05) is 12.4 Å². The first-order valence-electron chi connectivity index (χ1n) is 6.95. The Bertz CT molecular complexity index is 436. The zero-order chi connectivity index (χ0) is 13.1. The largest absolute Gasteiger partial charge is 0.370 e. The number of nitrogens with one attached hydrogen (secondary N) is 1. The summed E-state index contributed by atoms with van der Waals surface area (Å²) in [6, 6.07) is 4.47. The summed E-state index contributed by atoms with van der Waals surface area (Å²) in [5.74, 6) is 1.12. The van der Waals surface area contributed by atoms with Crippen LogP contribution in [0.4, 0.5) is 0 Å². The number of aliphatic imine (C=N–C) groups is 1. The molecule has 102 valence electrons. The number of amidine groups is 1. The molecule has 0 aromatic carbocycles. The van der Waals surface area contributed by atoms with Gasteiger partial charge < -0.3 is 10.2 Å². The van der Waals surface area contributed by atoms with Gasteiger partial charge in [-0.15, -0.1) is 0 Å². The minimum atomic E-state index is 0.263. The number of nitrogens with zero attached hydrogens (tertiary/aromatic N) is 4. The predicted molar refractivity (Wildman–Crippen MR) is 76.4 cm³/mol. The van der Waals surface area contributed by atoms with Crippen molar-refractivity contribution in [1.82, 2.24) is 20.1 Å². The van der Waals surface area contributed by atoms with E-state index < -0.39 is 0 Å². The van der Waals surface area contributed by atoms with E-state index in [9.17, 15) is 0 Å². The molecule has 0 spiro atoms. The molecule has 3 heterocycles. The lowest BCUT2D eigenvalue weighted by Crippen LogP contribution is -2.49. The standard InChI is InChI=1S/C14H21N5/c1-18-8-10-19(11-9-18)13(14-16-6-7-17-14)12-2-4-15-5-3-12/h2-5,13H,6-11H2,1H3,(H,16,17). The van der Waals surface area contributed by atoms with Gasteiger partial charge in [-0.3, -0.25) is 14.9 Å². The third-order valence-corrected chi connectivity index (χ3v) is 3.88. The van der Waals surface area contributed by atoms with Crippen LogP contribution in [0.2, 0.25) is 0 Å². The van der Waals surface area contributed by atoms with E-state index in [1.54, 1.807) is 0 Å². The van der Waals surface area contributed by atoms with Gasteiger partial charge in [0.2, 0.25) is 0 Å². The first-order valence-corrected chi connectivity index (χ1v) is 6.95. The Morgan fingerprint density at radius 2 is 1.89 bits per heavy atom. The SMILES string of the molecule is CN1CCN(C(C2=NCCN2)c2ccncc2)CC1. The number of rotatable bonds is 3. The smallest absolute Gasteiger partial charge is 0.119 e. The van der Waals surface area contributed by atoms with E-state index in [2.05, 4.69) is 44.3 Å². The van der Waals surface area contributed by atoms with Gasteiger partial charge in [-0.2, -0.15) is 0 Å². The summed E-state index contributed by atoms with van der Waals surface area (Å²) in [5.41, 5.74) is 1.28. The van der Waals surface area contributed by atoms with Crippen LogP contribution in [0.15, 0.2) is 29.5 Å². The molecule has 1 unspecified atom stereocenters. The topological polar surface area (TPSA) is 43.8 Å². The van der Waals surface area contributed by atoms with Crippen LogP contribution < -0.4 is 5.32 Å². The Morgan fingerprint density at radius 3 is 2.53 bits per heavy atom. The molecule has 5 nitrogen and oxygen atoms in total. The Labute approximate surface area is 114 Å². The van der Waals surface area contributed by atoms with Crippen molar-refractivity contribution < 1.29 is 0 Å². The second-order valence-electron chi connectivity index (χ2n) is 5.22. The first kappa shape index (κ1) is 12.6. The number of piperazine rings is 1. The predicted octanol–water partition coefficient (Wildman–Crippen LogP) is 0.372. The van der Waals surface area contributed by atoms with Gasteiger partial charge in [0.25, 0.3) is 0 Å². The highest BCUT2D eigenvalue weighted by atomic mass is 15.3. The second-order valence-corrected chi connectivity index (χ2v) is 5.22. The normalized spacial score (nSPS) is 22.9. The highest BCUT2D eigenvalue weighted by Crippen LogP contribution is 2.23. The fraction of sp³-hybridized carbons (Fsp3) is 0.571. The monoisotopic (exact) mass is 259 g/mol. The van der Waals surface area contributed by atoms with E-state index in [0.29, 0.717) is 0 Å². The molecule has 3 rings (SSSR count). The average molecular weight is 259 g/mol. The third kappa shape index (κ3) is 2.77. The zero-order valence-electron chi connectivity index (χ0n) is 11.4. The maximum Gasteiger partial charge on any atom is 0.119 e. The summed E-state index contributed by atoms with van der Waals surface area (Å²) in [5, 5.41) is 3.44. The zero-order valence-corrected chi connectivity index (χ0v) is 11.4. The summed E-state index contributed by atoms with van der Waals surface area (Å²) in [6.45, 7) is 6.27. The van der Waals surface area contributed by atoms with Crippen LogP contribution in [-0.4, -0.2) is 66.9 Å². The highest BCUT2D eigenvalue weighted by molar-refractivity contribution is 5.89. The van der Waals surface area contributed by atoms with Crippen molar-refractivity contribution in [2.45, 2.75) is 6.04 Å². The summed E-state index contributed by atoms with van der Waals surface area (Å²) in [6.07, 6.45) is 3.74. The molecule has 0 bridgehead atoms.